The highest BCUT2D eigenvalue weighted by Crippen LogP contribution is 2.37. The van der Waals surface area contributed by atoms with E-state index < -0.39 is 8.32 Å². The van der Waals surface area contributed by atoms with E-state index in [2.05, 4.69) is 103 Å². The molecular formula is C30H32N4O2Si. The molecule has 0 atom stereocenters. The molecule has 6 nitrogen and oxygen atoms in total. The van der Waals surface area contributed by atoms with Gasteiger partial charge in [-0.25, -0.2) is 19.7 Å². The van der Waals surface area contributed by atoms with Gasteiger partial charge in [0.2, 0.25) is 0 Å². The molecule has 0 unspecified atom stereocenters. The summed E-state index contributed by atoms with van der Waals surface area (Å²) in [6, 6.07) is 29.2. The molecule has 3 aromatic carbocycles. The lowest BCUT2D eigenvalue weighted by molar-refractivity contribution is 0.246. The lowest BCUT2D eigenvalue weighted by Gasteiger charge is -2.43. The van der Waals surface area contributed by atoms with E-state index in [1.54, 1.807) is 11.1 Å². The quantitative estimate of drug-likeness (QED) is 0.359. The largest absolute Gasteiger partial charge is 0.407 e. The third-order valence-corrected chi connectivity index (χ3v) is 11.9. The highest BCUT2D eigenvalue weighted by Gasteiger charge is 2.50. The number of benzene rings is 3. The third-order valence-electron chi connectivity index (χ3n) is 6.90. The Morgan fingerprint density at radius 3 is 2.27 bits per heavy atom. The van der Waals surface area contributed by atoms with Gasteiger partial charge in [-0.15, -0.1) is 0 Å². The Morgan fingerprint density at radius 1 is 0.946 bits per heavy atom. The van der Waals surface area contributed by atoms with Crippen molar-refractivity contribution in [3.63, 3.8) is 0 Å². The number of carbonyl (C=O) groups is 1. The number of nitrogens with one attached hydrogen (secondary N) is 1. The number of rotatable bonds is 7. The standard InChI is InChI=1S/C30H32N4O2Si/c1-30(2,3)37(26-13-6-4-7-14-26,27-15-8-5-9-16-27)36-18-17-23-11-10-12-25(19-23)34-28-24(20-31-22-33-28)21-32-29(34)35/h4-16,19-20,22H,17-18,21H2,1-3H3,(H,32,35). The van der Waals surface area contributed by atoms with E-state index in [0.717, 1.165) is 23.2 Å². The Labute approximate surface area is 219 Å². The molecule has 37 heavy (non-hydrogen) atoms. The average molecular weight is 509 g/mol. The molecule has 0 aliphatic carbocycles. The summed E-state index contributed by atoms with van der Waals surface area (Å²) in [4.78, 5) is 22.9. The smallest absolute Gasteiger partial charge is 0.327 e. The average Bonchev–Trinajstić information content (AvgIpc) is 2.91. The van der Waals surface area contributed by atoms with Crippen LogP contribution in [0.3, 0.4) is 0 Å². The predicted octanol–water partition coefficient (Wildman–Crippen LogP) is 4.96. The number of aromatic nitrogens is 2. The molecule has 1 aromatic heterocycles. The normalized spacial score (nSPS) is 13.7. The van der Waals surface area contributed by atoms with Crippen molar-refractivity contribution < 1.29 is 9.22 Å². The summed E-state index contributed by atoms with van der Waals surface area (Å²) in [6.45, 7) is 7.86. The van der Waals surface area contributed by atoms with Crippen LogP contribution in [0.1, 0.15) is 31.9 Å². The third kappa shape index (κ3) is 4.80. The monoisotopic (exact) mass is 508 g/mol. The van der Waals surface area contributed by atoms with Crippen molar-refractivity contribution in [3.05, 3.63) is 109 Å². The van der Waals surface area contributed by atoms with Crippen molar-refractivity contribution in [1.82, 2.24) is 15.3 Å². The van der Waals surface area contributed by atoms with E-state index in [9.17, 15) is 4.79 Å². The van der Waals surface area contributed by atoms with E-state index >= 15 is 0 Å². The summed E-state index contributed by atoms with van der Waals surface area (Å²) in [7, 11) is -2.60. The second-order valence-electron chi connectivity index (χ2n) is 10.3. The number of fused-ring (bicyclic) bond motifs is 1. The highest BCUT2D eigenvalue weighted by atomic mass is 28.4. The van der Waals surface area contributed by atoms with Crippen molar-refractivity contribution in [1.29, 1.82) is 0 Å². The van der Waals surface area contributed by atoms with Crippen LogP contribution in [0.2, 0.25) is 5.04 Å². The molecule has 7 heteroatoms. The molecule has 2 amide bonds. The topological polar surface area (TPSA) is 67.3 Å². The van der Waals surface area contributed by atoms with Crippen LogP contribution in [0, 0.1) is 0 Å². The summed E-state index contributed by atoms with van der Waals surface area (Å²) in [6.07, 6.45) is 3.95. The predicted molar refractivity (Wildman–Crippen MR) is 150 cm³/mol. The van der Waals surface area contributed by atoms with E-state index in [0.29, 0.717) is 19.0 Å². The number of anilines is 2. The Bertz CT molecular complexity index is 1330. The first-order valence-corrected chi connectivity index (χ1v) is 14.5. The molecule has 0 spiro atoms. The van der Waals surface area contributed by atoms with Gasteiger partial charge in [-0.05, 0) is 39.5 Å². The molecule has 1 aliphatic heterocycles. The van der Waals surface area contributed by atoms with Crippen molar-refractivity contribution in [2.75, 3.05) is 11.5 Å². The first kappa shape index (κ1) is 24.9. The van der Waals surface area contributed by atoms with E-state index in [1.165, 1.54) is 16.7 Å². The van der Waals surface area contributed by atoms with Gasteiger partial charge in [-0.1, -0.05) is 93.6 Å². The van der Waals surface area contributed by atoms with Gasteiger partial charge >= 0.3 is 6.03 Å². The van der Waals surface area contributed by atoms with Crippen LogP contribution in [0.4, 0.5) is 16.3 Å². The van der Waals surface area contributed by atoms with Gasteiger partial charge in [-0.3, -0.25) is 0 Å². The lowest BCUT2D eigenvalue weighted by Crippen LogP contribution is -2.66. The van der Waals surface area contributed by atoms with Gasteiger partial charge in [0.1, 0.15) is 12.1 Å². The van der Waals surface area contributed by atoms with Crippen molar-refractivity contribution in [3.8, 4) is 0 Å². The Morgan fingerprint density at radius 2 is 1.62 bits per heavy atom. The fourth-order valence-corrected chi connectivity index (χ4v) is 9.76. The molecule has 0 bridgehead atoms. The SMILES string of the molecule is CC(C)(C)[Si](OCCc1cccc(N2C(=O)NCc3cncnc32)c1)(c1ccccc1)c1ccccc1. The van der Waals surface area contributed by atoms with Gasteiger partial charge in [0, 0.05) is 24.9 Å². The van der Waals surface area contributed by atoms with Gasteiger partial charge < -0.3 is 9.74 Å². The van der Waals surface area contributed by atoms with Crippen LogP contribution in [-0.2, 0) is 17.4 Å². The Hall–Kier alpha value is -3.81. The van der Waals surface area contributed by atoms with Gasteiger partial charge in [0.15, 0.2) is 0 Å². The van der Waals surface area contributed by atoms with Gasteiger partial charge in [0.05, 0.1) is 5.69 Å². The van der Waals surface area contributed by atoms with Crippen LogP contribution in [-0.4, -0.2) is 30.9 Å². The molecule has 5 rings (SSSR count). The number of hydrogen-bond donors (Lipinski definition) is 1. The van der Waals surface area contributed by atoms with Crippen molar-refractivity contribution in [2.24, 2.45) is 0 Å². The van der Waals surface area contributed by atoms with Crippen LogP contribution >= 0.6 is 0 Å². The highest BCUT2D eigenvalue weighted by molar-refractivity contribution is 6.99. The zero-order chi connectivity index (χ0) is 25.9. The summed E-state index contributed by atoms with van der Waals surface area (Å²) in [5.74, 6) is 0.625. The molecule has 188 valence electrons. The lowest BCUT2D eigenvalue weighted by atomic mass is 10.1. The molecule has 0 radical (unpaired) electrons. The number of hydrogen-bond acceptors (Lipinski definition) is 4. The minimum absolute atomic E-state index is 0.0765. The fraction of sp³-hybridized carbons (Fsp3) is 0.233. The fourth-order valence-electron chi connectivity index (χ4n) is 5.20. The van der Waals surface area contributed by atoms with Gasteiger partial charge in [-0.2, -0.15) is 0 Å². The maximum absolute atomic E-state index is 12.8. The van der Waals surface area contributed by atoms with Crippen LogP contribution in [0.5, 0.6) is 0 Å². The molecule has 0 saturated heterocycles. The van der Waals surface area contributed by atoms with Gasteiger partial charge in [0.25, 0.3) is 8.32 Å². The second kappa shape index (κ2) is 10.3. The Balaban J connectivity index is 1.43. The number of urea groups is 1. The summed E-state index contributed by atoms with van der Waals surface area (Å²) >= 11 is 0. The zero-order valence-corrected chi connectivity index (χ0v) is 22.5. The molecule has 2 heterocycles. The second-order valence-corrected chi connectivity index (χ2v) is 14.6. The molecular weight excluding hydrogens is 476 g/mol. The minimum atomic E-state index is -2.60. The molecule has 0 fully saturated rings. The van der Waals surface area contributed by atoms with Crippen LogP contribution in [0.25, 0.3) is 0 Å². The van der Waals surface area contributed by atoms with E-state index in [-0.39, 0.29) is 11.1 Å². The van der Waals surface area contributed by atoms with Crippen molar-refractivity contribution >= 4 is 36.2 Å². The zero-order valence-electron chi connectivity index (χ0n) is 21.5. The van der Waals surface area contributed by atoms with Crippen LogP contribution < -0.4 is 20.6 Å². The number of amides is 2. The maximum atomic E-state index is 12.8. The Kier molecular flexibility index (Phi) is 6.91. The number of nitrogens with zero attached hydrogens (tertiary/aromatic N) is 3. The van der Waals surface area contributed by atoms with E-state index in [1.807, 2.05) is 18.2 Å². The van der Waals surface area contributed by atoms with E-state index in [4.69, 9.17) is 4.43 Å². The molecule has 0 saturated carbocycles. The number of carbonyl (C=O) groups excluding carboxylic acids is 1. The van der Waals surface area contributed by atoms with Crippen molar-refractivity contribution in [2.45, 2.75) is 38.8 Å². The maximum Gasteiger partial charge on any atom is 0.327 e. The minimum Gasteiger partial charge on any atom is -0.407 e. The van der Waals surface area contributed by atoms with Crippen LogP contribution in [0.15, 0.2) is 97.5 Å². The first-order chi connectivity index (χ1) is 17.9. The first-order valence-electron chi connectivity index (χ1n) is 12.6. The molecule has 1 aliphatic rings. The summed E-state index contributed by atoms with van der Waals surface area (Å²) in [5, 5.41) is 5.37. The molecule has 1 N–H and O–H groups in total. The molecule has 4 aromatic rings. The summed E-state index contributed by atoms with van der Waals surface area (Å²) < 4.78 is 7.06. The summed E-state index contributed by atoms with van der Waals surface area (Å²) in [5.41, 5.74) is 2.77.